The van der Waals surface area contributed by atoms with E-state index >= 15 is 0 Å². The first kappa shape index (κ1) is 31.5. The maximum atomic E-state index is 13.6. The lowest BCUT2D eigenvalue weighted by Crippen LogP contribution is -2.40. The SMILES string of the molecule is CCCN(CCc1ccc2c(n1)NCCC2)CC(=O)N[C@@H](CC(=O)O)c1cccc(F)c1.O=C(O)C(F)(F)F. The quantitative estimate of drug-likeness (QED) is 0.308. The molecular formula is C26H32F4N4O5. The fourth-order valence-corrected chi connectivity index (χ4v) is 3.96. The van der Waals surface area contributed by atoms with Crippen LogP contribution in [-0.4, -0.2) is 70.3 Å². The molecule has 13 heteroatoms. The monoisotopic (exact) mass is 556 g/mol. The van der Waals surface area contributed by atoms with Crippen LogP contribution in [0.4, 0.5) is 23.4 Å². The average molecular weight is 557 g/mol. The van der Waals surface area contributed by atoms with Crippen LogP contribution in [0.1, 0.15) is 49.0 Å². The van der Waals surface area contributed by atoms with E-state index in [1.165, 1.54) is 23.8 Å². The minimum atomic E-state index is -5.08. The lowest BCUT2D eigenvalue weighted by Gasteiger charge is -2.24. The number of carbonyl (C=O) groups is 3. The second kappa shape index (κ2) is 15.0. The lowest BCUT2D eigenvalue weighted by molar-refractivity contribution is -0.192. The summed E-state index contributed by atoms with van der Waals surface area (Å²) in [6.45, 7) is 4.53. The highest BCUT2D eigenvalue weighted by molar-refractivity contribution is 5.79. The van der Waals surface area contributed by atoms with Crippen LogP contribution in [0.2, 0.25) is 0 Å². The maximum absolute atomic E-state index is 13.6. The minimum absolute atomic E-state index is 0.141. The van der Waals surface area contributed by atoms with Crippen LogP contribution >= 0.6 is 0 Å². The van der Waals surface area contributed by atoms with Crippen LogP contribution in [0.3, 0.4) is 0 Å². The van der Waals surface area contributed by atoms with Gasteiger partial charge in [-0.1, -0.05) is 25.1 Å². The van der Waals surface area contributed by atoms with E-state index in [-0.39, 0.29) is 18.9 Å². The zero-order valence-corrected chi connectivity index (χ0v) is 21.4. The van der Waals surface area contributed by atoms with Crippen molar-refractivity contribution in [3.8, 4) is 0 Å². The summed E-state index contributed by atoms with van der Waals surface area (Å²) in [5.41, 5.74) is 2.66. The molecule has 9 nitrogen and oxygen atoms in total. The molecular weight excluding hydrogens is 524 g/mol. The normalized spacial score (nSPS) is 13.4. The summed E-state index contributed by atoms with van der Waals surface area (Å²) in [4.78, 5) is 39.6. The summed E-state index contributed by atoms with van der Waals surface area (Å²) in [5, 5.41) is 22.5. The number of halogens is 4. The van der Waals surface area contributed by atoms with Gasteiger partial charge in [-0.2, -0.15) is 13.2 Å². The number of hydrogen-bond donors (Lipinski definition) is 4. The average Bonchev–Trinajstić information content (AvgIpc) is 2.86. The van der Waals surface area contributed by atoms with Gasteiger partial charge in [0.15, 0.2) is 0 Å². The Balaban J connectivity index is 0.000000673. The van der Waals surface area contributed by atoms with E-state index in [0.717, 1.165) is 43.9 Å². The van der Waals surface area contributed by atoms with Crippen molar-refractivity contribution >= 4 is 23.7 Å². The summed E-state index contributed by atoms with van der Waals surface area (Å²) in [7, 11) is 0. The van der Waals surface area contributed by atoms with Crippen LogP contribution in [0, 0.1) is 5.82 Å². The number of anilines is 1. The Morgan fingerprint density at radius 3 is 2.49 bits per heavy atom. The minimum Gasteiger partial charge on any atom is -0.481 e. The largest absolute Gasteiger partial charge is 0.490 e. The molecule has 0 radical (unpaired) electrons. The third-order valence-electron chi connectivity index (χ3n) is 5.75. The highest BCUT2D eigenvalue weighted by Gasteiger charge is 2.38. The molecule has 1 aromatic heterocycles. The van der Waals surface area contributed by atoms with Crippen molar-refractivity contribution in [2.45, 2.75) is 51.2 Å². The molecule has 0 saturated heterocycles. The van der Waals surface area contributed by atoms with Crippen LogP contribution in [0.5, 0.6) is 0 Å². The number of fused-ring (bicyclic) bond motifs is 1. The predicted molar refractivity (Wildman–Crippen MR) is 135 cm³/mol. The molecule has 214 valence electrons. The number of nitrogens with one attached hydrogen (secondary N) is 2. The number of aromatic nitrogens is 1. The highest BCUT2D eigenvalue weighted by atomic mass is 19.4. The Bertz CT molecular complexity index is 1130. The van der Waals surface area contributed by atoms with Gasteiger partial charge in [0.2, 0.25) is 5.91 Å². The first-order chi connectivity index (χ1) is 18.4. The van der Waals surface area contributed by atoms with E-state index in [9.17, 15) is 32.3 Å². The Labute approximate surface area is 223 Å². The van der Waals surface area contributed by atoms with E-state index in [1.807, 2.05) is 17.9 Å². The molecule has 39 heavy (non-hydrogen) atoms. The topological polar surface area (TPSA) is 132 Å². The standard InChI is InChI=1S/C24H31FN4O3.C2HF3O2/c1-2-12-29(13-10-20-9-8-17-6-4-11-26-24(17)27-20)16-22(30)28-21(15-23(31)32)18-5-3-7-19(25)14-18;3-2(4,5)1(6)7/h3,5,7-9,14,21H,2,4,6,10-13,15-16H2,1H3,(H,26,27)(H,28,30)(H,31,32);(H,6,7)/t21-;/m0./s1. The predicted octanol–water partition coefficient (Wildman–Crippen LogP) is 3.80. The third-order valence-corrected chi connectivity index (χ3v) is 5.75. The number of hydrogen-bond acceptors (Lipinski definition) is 6. The van der Waals surface area contributed by atoms with E-state index in [4.69, 9.17) is 14.9 Å². The smallest absolute Gasteiger partial charge is 0.481 e. The van der Waals surface area contributed by atoms with Crippen molar-refractivity contribution in [2.75, 3.05) is 31.5 Å². The van der Waals surface area contributed by atoms with Gasteiger partial charge in [-0.05, 0) is 55.1 Å². The van der Waals surface area contributed by atoms with Gasteiger partial charge in [-0.15, -0.1) is 0 Å². The molecule has 1 amide bonds. The molecule has 0 bridgehead atoms. The number of rotatable bonds is 11. The highest BCUT2D eigenvalue weighted by Crippen LogP contribution is 2.20. The summed E-state index contributed by atoms with van der Waals surface area (Å²) in [5.74, 6) is -3.61. The number of alkyl halides is 3. The van der Waals surface area contributed by atoms with Gasteiger partial charge in [0, 0.05) is 25.2 Å². The molecule has 1 aromatic carbocycles. The molecule has 2 heterocycles. The molecule has 4 N–H and O–H groups in total. The summed E-state index contributed by atoms with van der Waals surface area (Å²) < 4.78 is 45.3. The Kier molecular flexibility index (Phi) is 12.1. The van der Waals surface area contributed by atoms with E-state index < -0.39 is 30.0 Å². The van der Waals surface area contributed by atoms with Crippen LogP contribution in [0.25, 0.3) is 0 Å². The zero-order chi connectivity index (χ0) is 29.0. The molecule has 3 rings (SSSR count). The fraction of sp³-hybridized carbons (Fsp3) is 0.462. The number of carboxylic acids is 2. The van der Waals surface area contributed by atoms with E-state index in [2.05, 4.69) is 16.7 Å². The van der Waals surface area contributed by atoms with Crippen molar-refractivity contribution in [3.05, 3.63) is 59.0 Å². The van der Waals surface area contributed by atoms with Crippen LogP contribution in [0.15, 0.2) is 36.4 Å². The number of benzene rings is 1. The first-order valence-corrected chi connectivity index (χ1v) is 12.4. The van der Waals surface area contributed by atoms with Crippen molar-refractivity contribution in [3.63, 3.8) is 0 Å². The zero-order valence-electron chi connectivity index (χ0n) is 21.4. The van der Waals surface area contributed by atoms with Crippen molar-refractivity contribution in [1.29, 1.82) is 0 Å². The number of carboxylic acid groups (broad SMARTS) is 2. The lowest BCUT2D eigenvalue weighted by atomic mass is 10.0. The maximum Gasteiger partial charge on any atom is 0.490 e. The van der Waals surface area contributed by atoms with Gasteiger partial charge in [0.05, 0.1) is 19.0 Å². The van der Waals surface area contributed by atoms with Gasteiger partial charge in [-0.25, -0.2) is 14.2 Å². The number of carbonyl (C=O) groups excluding carboxylic acids is 1. The molecule has 1 atom stereocenters. The van der Waals surface area contributed by atoms with Crippen molar-refractivity contribution in [1.82, 2.24) is 15.2 Å². The number of aliphatic carboxylic acids is 2. The second-order valence-electron chi connectivity index (χ2n) is 8.94. The molecule has 0 aliphatic carbocycles. The first-order valence-electron chi connectivity index (χ1n) is 12.4. The molecule has 0 fully saturated rings. The van der Waals surface area contributed by atoms with Gasteiger partial charge in [0.1, 0.15) is 11.6 Å². The second-order valence-corrected chi connectivity index (χ2v) is 8.94. The van der Waals surface area contributed by atoms with Crippen molar-refractivity contribution in [2.24, 2.45) is 0 Å². The molecule has 1 aliphatic rings. The Morgan fingerprint density at radius 2 is 1.87 bits per heavy atom. The van der Waals surface area contributed by atoms with E-state index in [1.54, 1.807) is 6.07 Å². The van der Waals surface area contributed by atoms with Crippen molar-refractivity contribution < 1.29 is 42.2 Å². The molecule has 1 aliphatic heterocycles. The molecule has 0 saturated carbocycles. The fourth-order valence-electron chi connectivity index (χ4n) is 3.96. The van der Waals surface area contributed by atoms with Gasteiger partial charge < -0.3 is 20.8 Å². The van der Waals surface area contributed by atoms with Crippen LogP contribution in [-0.2, 0) is 27.2 Å². The molecule has 0 spiro atoms. The summed E-state index contributed by atoms with van der Waals surface area (Å²) >= 11 is 0. The third kappa shape index (κ3) is 11.3. The van der Waals surface area contributed by atoms with E-state index in [0.29, 0.717) is 18.5 Å². The van der Waals surface area contributed by atoms with Gasteiger partial charge >= 0.3 is 18.1 Å². The number of nitrogens with zero attached hydrogens (tertiary/aromatic N) is 2. The molecule has 0 unspecified atom stereocenters. The number of pyridine rings is 1. The summed E-state index contributed by atoms with van der Waals surface area (Å²) in [6.07, 6.45) is -1.64. The molecule has 2 aromatic rings. The van der Waals surface area contributed by atoms with Gasteiger partial charge in [0.25, 0.3) is 0 Å². The van der Waals surface area contributed by atoms with Gasteiger partial charge in [-0.3, -0.25) is 14.5 Å². The Morgan fingerprint density at radius 1 is 1.15 bits per heavy atom. The number of amides is 1. The Hall–Kier alpha value is -3.74. The summed E-state index contributed by atoms with van der Waals surface area (Å²) in [6, 6.07) is 9.06. The number of aryl methyl sites for hydroxylation is 1. The van der Waals surface area contributed by atoms with Crippen LogP contribution < -0.4 is 10.6 Å².